The minimum absolute atomic E-state index is 0.126. The zero-order valence-corrected chi connectivity index (χ0v) is 12.7. The smallest absolute Gasteiger partial charge is 0.258 e. The van der Waals surface area contributed by atoms with Gasteiger partial charge in [-0.1, -0.05) is 30.3 Å². The van der Waals surface area contributed by atoms with Gasteiger partial charge in [-0.2, -0.15) is 0 Å². The number of hydrogen-bond donors (Lipinski definition) is 3. The summed E-state index contributed by atoms with van der Waals surface area (Å²) < 4.78 is 10.6. The quantitative estimate of drug-likeness (QED) is 0.700. The summed E-state index contributed by atoms with van der Waals surface area (Å²) in [6.07, 6.45) is 0. The Balaban J connectivity index is 2.54. The van der Waals surface area contributed by atoms with E-state index in [4.69, 9.17) is 20.3 Å². The first-order valence-electron chi connectivity index (χ1n) is 7.04. The molecule has 2 rings (SSSR count). The summed E-state index contributed by atoms with van der Waals surface area (Å²) in [5.41, 5.74) is 4.00. The van der Waals surface area contributed by atoms with E-state index in [1.54, 1.807) is 36.4 Å². The highest BCUT2D eigenvalue weighted by Gasteiger charge is 2.40. The molecule has 0 bridgehead atoms. The Kier molecular flexibility index (Phi) is 5.20. The van der Waals surface area contributed by atoms with E-state index in [2.05, 4.69) is 0 Å². The fourth-order valence-corrected chi connectivity index (χ4v) is 2.33. The van der Waals surface area contributed by atoms with Gasteiger partial charge in [0, 0.05) is 11.6 Å². The summed E-state index contributed by atoms with van der Waals surface area (Å²) in [6, 6.07) is 13.0. The van der Waals surface area contributed by atoms with Crippen LogP contribution in [0, 0.1) is 0 Å². The summed E-state index contributed by atoms with van der Waals surface area (Å²) in [5.74, 6) is -0.212. The van der Waals surface area contributed by atoms with Crippen LogP contribution >= 0.6 is 0 Å². The second-order valence-electron chi connectivity index (χ2n) is 4.87. The second kappa shape index (κ2) is 7.13. The third-order valence-corrected chi connectivity index (χ3v) is 3.47. The molecule has 6 nitrogen and oxygen atoms in total. The lowest BCUT2D eigenvalue weighted by Gasteiger charge is -2.27. The molecular weight excluding hydrogens is 298 g/mol. The number of carbonyl (C=O) groups is 1. The predicted octanol–water partition coefficient (Wildman–Crippen LogP) is 0.787. The third-order valence-electron chi connectivity index (χ3n) is 3.47. The number of nitrogens with two attached hydrogens (primary N) is 1. The van der Waals surface area contributed by atoms with E-state index in [-0.39, 0.29) is 24.5 Å². The van der Waals surface area contributed by atoms with Gasteiger partial charge in [0.15, 0.2) is 5.60 Å². The van der Waals surface area contributed by atoms with Crippen molar-refractivity contribution in [1.82, 2.24) is 0 Å². The highest BCUT2D eigenvalue weighted by atomic mass is 16.5. The normalized spacial score (nSPS) is 13.2. The Bertz CT molecular complexity index is 674. The molecule has 0 radical (unpaired) electrons. The Labute approximate surface area is 134 Å². The topological polar surface area (TPSA) is 102 Å². The molecule has 6 heteroatoms. The maximum atomic E-state index is 12.0. The Morgan fingerprint density at radius 3 is 2.48 bits per heavy atom. The van der Waals surface area contributed by atoms with Gasteiger partial charge < -0.3 is 25.4 Å². The van der Waals surface area contributed by atoms with Crippen molar-refractivity contribution >= 4 is 5.91 Å². The van der Waals surface area contributed by atoms with Crippen LogP contribution in [0.2, 0.25) is 0 Å². The van der Waals surface area contributed by atoms with E-state index in [0.29, 0.717) is 11.3 Å². The van der Waals surface area contributed by atoms with Gasteiger partial charge in [0.25, 0.3) is 5.91 Å². The van der Waals surface area contributed by atoms with E-state index in [9.17, 15) is 9.90 Å². The van der Waals surface area contributed by atoms with Crippen molar-refractivity contribution in [2.45, 2.75) is 5.60 Å². The van der Waals surface area contributed by atoms with E-state index >= 15 is 0 Å². The second-order valence-corrected chi connectivity index (χ2v) is 4.87. The zero-order valence-electron chi connectivity index (χ0n) is 12.7. The number of carbonyl (C=O) groups excluding carboxylic acids is 1. The van der Waals surface area contributed by atoms with E-state index < -0.39 is 11.5 Å². The number of hydrogen-bond acceptors (Lipinski definition) is 5. The van der Waals surface area contributed by atoms with Crippen LogP contribution < -0.4 is 15.2 Å². The van der Waals surface area contributed by atoms with Crippen molar-refractivity contribution in [2.75, 3.05) is 20.3 Å². The van der Waals surface area contributed by atoms with Crippen molar-refractivity contribution in [3.05, 3.63) is 59.7 Å². The summed E-state index contributed by atoms with van der Waals surface area (Å²) >= 11 is 0. The number of amides is 1. The van der Waals surface area contributed by atoms with Crippen LogP contribution in [0.1, 0.15) is 11.1 Å². The molecule has 122 valence electrons. The third kappa shape index (κ3) is 3.28. The highest BCUT2D eigenvalue weighted by molar-refractivity contribution is 5.89. The first-order chi connectivity index (χ1) is 11.0. The molecule has 0 aliphatic heterocycles. The van der Waals surface area contributed by atoms with Crippen LogP contribution in [0.5, 0.6) is 11.5 Å². The SMILES string of the molecule is COc1cc(OCCO)ccc1C(O)(C(N)=O)c1ccccc1. The molecule has 1 amide bonds. The first kappa shape index (κ1) is 16.8. The first-order valence-corrected chi connectivity index (χ1v) is 7.04. The molecule has 0 saturated heterocycles. The molecule has 0 spiro atoms. The molecule has 0 aromatic heterocycles. The van der Waals surface area contributed by atoms with Crippen LogP contribution in [-0.2, 0) is 10.4 Å². The maximum Gasteiger partial charge on any atom is 0.258 e. The Morgan fingerprint density at radius 2 is 1.91 bits per heavy atom. The van der Waals surface area contributed by atoms with E-state index in [1.807, 2.05) is 0 Å². The molecule has 0 heterocycles. The number of aliphatic hydroxyl groups excluding tert-OH is 1. The van der Waals surface area contributed by atoms with Crippen molar-refractivity contribution in [1.29, 1.82) is 0 Å². The molecule has 0 saturated carbocycles. The maximum absolute atomic E-state index is 12.0. The molecule has 0 fully saturated rings. The largest absolute Gasteiger partial charge is 0.496 e. The van der Waals surface area contributed by atoms with Crippen molar-refractivity contribution < 1.29 is 24.5 Å². The number of ether oxygens (including phenoxy) is 2. The fourth-order valence-electron chi connectivity index (χ4n) is 2.33. The predicted molar refractivity (Wildman–Crippen MR) is 84.2 cm³/mol. The number of methoxy groups -OCH3 is 1. The van der Waals surface area contributed by atoms with Crippen LogP contribution in [0.25, 0.3) is 0 Å². The van der Waals surface area contributed by atoms with Crippen molar-refractivity contribution in [2.24, 2.45) is 5.73 Å². The minimum atomic E-state index is -2.03. The molecule has 0 aliphatic carbocycles. The molecule has 23 heavy (non-hydrogen) atoms. The van der Waals surface area contributed by atoms with Crippen LogP contribution in [0.4, 0.5) is 0 Å². The Hall–Kier alpha value is -2.57. The molecular formula is C17H19NO5. The van der Waals surface area contributed by atoms with Gasteiger partial charge in [0.2, 0.25) is 0 Å². The number of rotatable bonds is 7. The highest BCUT2D eigenvalue weighted by Crippen LogP contribution is 2.37. The van der Waals surface area contributed by atoms with E-state index in [1.165, 1.54) is 19.2 Å². The monoisotopic (exact) mass is 317 g/mol. The lowest BCUT2D eigenvalue weighted by atomic mass is 9.85. The average Bonchev–Trinajstić information content (AvgIpc) is 2.59. The van der Waals surface area contributed by atoms with Gasteiger partial charge >= 0.3 is 0 Å². The van der Waals surface area contributed by atoms with Gasteiger partial charge in [-0.3, -0.25) is 4.79 Å². The summed E-state index contributed by atoms with van der Waals surface area (Å²) in [6.45, 7) is 0.000575. The molecule has 4 N–H and O–H groups in total. The molecule has 2 aromatic carbocycles. The average molecular weight is 317 g/mol. The number of benzene rings is 2. The van der Waals surface area contributed by atoms with Crippen molar-refractivity contribution in [3.63, 3.8) is 0 Å². The summed E-state index contributed by atoms with van der Waals surface area (Å²) in [5, 5.41) is 19.8. The fraction of sp³-hybridized carbons (Fsp3) is 0.235. The molecule has 2 aromatic rings. The molecule has 1 unspecified atom stereocenters. The van der Waals surface area contributed by atoms with Crippen LogP contribution in [-0.4, -0.2) is 36.4 Å². The van der Waals surface area contributed by atoms with Crippen LogP contribution in [0.3, 0.4) is 0 Å². The molecule has 1 atom stereocenters. The summed E-state index contributed by atoms with van der Waals surface area (Å²) in [7, 11) is 1.42. The van der Waals surface area contributed by atoms with Gasteiger partial charge in [-0.15, -0.1) is 0 Å². The molecule has 0 aliphatic rings. The van der Waals surface area contributed by atoms with Gasteiger partial charge in [-0.25, -0.2) is 0 Å². The van der Waals surface area contributed by atoms with Crippen molar-refractivity contribution in [3.8, 4) is 11.5 Å². The van der Waals surface area contributed by atoms with Gasteiger partial charge in [0.05, 0.1) is 13.7 Å². The minimum Gasteiger partial charge on any atom is -0.496 e. The van der Waals surface area contributed by atoms with Gasteiger partial charge in [-0.05, 0) is 17.7 Å². The van der Waals surface area contributed by atoms with E-state index in [0.717, 1.165) is 0 Å². The number of aliphatic hydroxyl groups is 2. The zero-order chi connectivity index (χ0) is 16.9. The van der Waals surface area contributed by atoms with Gasteiger partial charge in [0.1, 0.15) is 18.1 Å². The van der Waals surface area contributed by atoms with Crippen LogP contribution in [0.15, 0.2) is 48.5 Å². The Morgan fingerprint density at radius 1 is 1.22 bits per heavy atom. The standard InChI is InChI=1S/C17H19NO5/c1-22-15-11-13(23-10-9-19)7-8-14(15)17(21,16(18)20)12-5-3-2-4-6-12/h2-8,11,19,21H,9-10H2,1H3,(H2,18,20). The number of primary amides is 1. The lowest BCUT2D eigenvalue weighted by Crippen LogP contribution is -2.42. The lowest BCUT2D eigenvalue weighted by molar-refractivity contribution is -0.133. The summed E-state index contributed by atoms with van der Waals surface area (Å²) in [4.78, 5) is 12.0.